The van der Waals surface area contributed by atoms with Crippen molar-refractivity contribution in [3.05, 3.63) is 35.1 Å². The highest BCUT2D eigenvalue weighted by Crippen LogP contribution is 2.33. The molecule has 0 aliphatic rings. The molecule has 0 unspecified atom stereocenters. The number of amides is 1. The van der Waals surface area contributed by atoms with E-state index in [0.29, 0.717) is 22.9 Å². The monoisotopic (exact) mass is 339 g/mol. The smallest absolute Gasteiger partial charge is 0.224 e. The Morgan fingerprint density at radius 1 is 1.39 bits per heavy atom. The molecule has 0 aromatic heterocycles. The zero-order valence-corrected chi connectivity index (χ0v) is 15.3. The quantitative estimate of drug-likeness (QED) is 0.667. The molecule has 1 aromatic rings. The maximum atomic E-state index is 12.3. The zero-order chi connectivity index (χ0) is 17.8. The lowest BCUT2D eigenvalue weighted by Crippen LogP contribution is -2.23. The molecule has 5 heteroatoms. The van der Waals surface area contributed by atoms with Gasteiger partial charge in [0.2, 0.25) is 5.91 Å². The molecule has 1 aromatic carbocycles. The van der Waals surface area contributed by atoms with Gasteiger partial charge in [-0.1, -0.05) is 32.0 Å². The van der Waals surface area contributed by atoms with Crippen molar-refractivity contribution in [2.45, 2.75) is 53.6 Å². The third-order valence-corrected chi connectivity index (χ3v) is 3.54. The Morgan fingerprint density at radius 2 is 2.00 bits per heavy atom. The number of hydrogen-bond acceptors (Lipinski definition) is 3. The van der Waals surface area contributed by atoms with Gasteiger partial charge in [0.1, 0.15) is 5.75 Å². The van der Waals surface area contributed by atoms with Gasteiger partial charge in [-0.3, -0.25) is 4.79 Å². The van der Waals surface area contributed by atoms with Gasteiger partial charge in [0, 0.05) is 18.9 Å². The van der Waals surface area contributed by atoms with Gasteiger partial charge in [-0.2, -0.15) is 0 Å². The average Bonchev–Trinajstić information content (AvgIpc) is 2.31. The molecular weight excluding hydrogens is 314 g/mol. The van der Waals surface area contributed by atoms with E-state index >= 15 is 0 Å². The second kappa shape index (κ2) is 7.73. The molecule has 0 aliphatic heterocycles. The van der Waals surface area contributed by atoms with Gasteiger partial charge in [-0.25, -0.2) is 0 Å². The largest absolute Gasteiger partial charge is 0.513 e. The van der Waals surface area contributed by atoms with Crippen LogP contribution >= 0.6 is 11.6 Å². The fourth-order valence-electron chi connectivity index (χ4n) is 2.37. The summed E-state index contributed by atoms with van der Waals surface area (Å²) in [6, 6.07) is 3.52. The van der Waals surface area contributed by atoms with Crippen LogP contribution in [0.5, 0.6) is 5.75 Å². The Bertz CT molecular complexity index is 594. The molecule has 0 heterocycles. The van der Waals surface area contributed by atoms with E-state index in [2.05, 4.69) is 11.9 Å². The van der Waals surface area contributed by atoms with Crippen molar-refractivity contribution in [1.29, 1.82) is 0 Å². The number of rotatable bonds is 7. The first-order valence-electron chi connectivity index (χ1n) is 7.63. The van der Waals surface area contributed by atoms with Crippen LogP contribution in [0.3, 0.4) is 0 Å². The third-order valence-electron chi connectivity index (χ3n) is 3.22. The summed E-state index contributed by atoms with van der Waals surface area (Å²) in [6.07, 6.45) is 0.647. The molecule has 128 valence electrons. The van der Waals surface area contributed by atoms with Crippen molar-refractivity contribution in [3.8, 4) is 5.75 Å². The molecule has 0 bridgehead atoms. The van der Waals surface area contributed by atoms with Crippen LogP contribution in [0.2, 0.25) is 5.02 Å². The van der Waals surface area contributed by atoms with E-state index in [4.69, 9.17) is 16.3 Å². The minimum absolute atomic E-state index is 0.0351. The lowest BCUT2D eigenvalue weighted by Gasteiger charge is -2.23. The summed E-state index contributed by atoms with van der Waals surface area (Å²) in [5.74, 6) is 0.601. The van der Waals surface area contributed by atoms with Crippen LogP contribution in [0.4, 0.5) is 5.69 Å². The minimum atomic E-state index is -0.385. The molecule has 0 radical (unpaired) electrons. The lowest BCUT2D eigenvalue weighted by molar-refractivity contribution is -0.118. The first-order valence-corrected chi connectivity index (χ1v) is 8.01. The normalized spacial score (nSPS) is 11.4. The Morgan fingerprint density at radius 3 is 2.52 bits per heavy atom. The van der Waals surface area contributed by atoms with E-state index in [1.165, 1.54) is 0 Å². The van der Waals surface area contributed by atoms with Crippen molar-refractivity contribution in [2.24, 2.45) is 5.41 Å². The predicted molar refractivity (Wildman–Crippen MR) is 95.4 cm³/mol. The van der Waals surface area contributed by atoms with Crippen LogP contribution < -0.4 is 10.1 Å². The molecule has 2 N–H and O–H groups in total. The van der Waals surface area contributed by atoms with E-state index in [0.717, 1.165) is 5.56 Å². The van der Waals surface area contributed by atoms with Crippen LogP contribution in [-0.4, -0.2) is 17.1 Å². The SMILES string of the molecule is C=C(O)CC(C)(C)CC(=O)Nc1cc(OC(C)C)c(C)cc1Cl. The number of carbonyl (C=O) groups excluding carboxylic acids is 1. The molecule has 23 heavy (non-hydrogen) atoms. The molecule has 1 rings (SSSR count). The number of anilines is 1. The molecule has 4 nitrogen and oxygen atoms in total. The highest BCUT2D eigenvalue weighted by atomic mass is 35.5. The summed E-state index contributed by atoms with van der Waals surface area (Å²) in [6.45, 7) is 13.1. The Balaban J connectivity index is 2.87. The zero-order valence-electron chi connectivity index (χ0n) is 14.5. The van der Waals surface area contributed by atoms with Gasteiger partial charge in [0.15, 0.2) is 0 Å². The topological polar surface area (TPSA) is 58.6 Å². The second-order valence-corrected chi connectivity index (χ2v) is 7.30. The van der Waals surface area contributed by atoms with Crippen LogP contribution in [0.15, 0.2) is 24.5 Å². The van der Waals surface area contributed by atoms with E-state index in [1.54, 1.807) is 12.1 Å². The summed E-state index contributed by atoms with van der Waals surface area (Å²) in [7, 11) is 0. The van der Waals surface area contributed by atoms with Gasteiger partial charge >= 0.3 is 0 Å². The fourth-order valence-corrected chi connectivity index (χ4v) is 2.64. The summed E-state index contributed by atoms with van der Waals surface area (Å²) in [5, 5.41) is 12.6. The average molecular weight is 340 g/mol. The van der Waals surface area contributed by atoms with Crippen molar-refractivity contribution in [3.63, 3.8) is 0 Å². The van der Waals surface area contributed by atoms with E-state index in [-0.39, 0.29) is 29.6 Å². The molecule has 0 saturated heterocycles. The van der Waals surface area contributed by atoms with Crippen LogP contribution in [0.25, 0.3) is 0 Å². The number of nitrogens with one attached hydrogen (secondary N) is 1. The maximum absolute atomic E-state index is 12.3. The number of ether oxygens (including phenoxy) is 1. The third kappa shape index (κ3) is 6.53. The molecule has 0 saturated carbocycles. The number of aliphatic hydroxyl groups is 1. The maximum Gasteiger partial charge on any atom is 0.224 e. The van der Waals surface area contributed by atoms with Gasteiger partial charge in [-0.05, 0) is 37.8 Å². The fraction of sp³-hybridized carbons (Fsp3) is 0.500. The van der Waals surface area contributed by atoms with E-state index in [1.807, 2.05) is 34.6 Å². The molecule has 0 aliphatic carbocycles. The number of carbonyl (C=O) groups is 1. The first-order chi connectivity index (χ1) is 10.5. The minimum Gasteiger partial charge on any atom is -0.513 e. The number of aliphatic hydroxyl groups excluding tert-OH is 1. The molecular formula is C18H26ClNO3. The van der Waals surface area contributed by atoms with Crippen LogP contribution in [0, 0.1) is 12.3 Å². The standard InChI is InChI=1S/C18H26ClNO3/c1-11(2)23-16-8-15(14(19)7-12(16)3)20-17(22)10-18(5,6)9-13(4)21/h7-8,11,21H,4,9-10H2,1-3,5-6H3,(H,20,22). The number of allylic oxidation sites excluding steroid dienone is 1. The lowest BCUT2D eigenvalue weighted by atomic mass is 9.85. The van der Waals surface area contributed by atoms with Crippen LogP contribution in [-0.2, 0) is 4.79 Å². The van der Waals surface area contributed by atoms with Gasteiger partial charge in [0.05, 0.1) is 22.6 Å². The summed E-state index contributed by atoms with van der Waals surface area (Å²) in [5.41, 5.74) is 1.06. The Kier molecular flexibility index (Phi) is 6.51. The van der Waals surface area contributed by atoms with Gasteiger partial charge in [-0.15, -0.1) is 0 Å². The Labute approximate surface area is 143 Å². The Hall–Kier alpha value is -1.68. The highest BCUT2D eigenvalue weighted by molar-refractivity contribution is 6.33. The summed E-state index contributed by atoms with van der Waals surface area (Å²) < 4.78 is 5.72. The van der Waals surface area contributed by atoms with Crippen molar-refractivity contribution < 1.29 is 14.6 Å². The number of hydrogen-bond donors (Lipinski definition) is 2. The molecule has 1 amide bonds. The molecule has 0 spiro atoms. The molecule has 0 fully saturated rings. The number of halogens is 1. The van der Waals surface area contributed by atoms with Crippen LogP contribution in [0.1, 0.15) is 46.1 Å². The predicted octanol–water partition coefficient (Wildman–Crippen LogP) is 5.25. The van der Waals surface area contributed by atoms with E-state index < -0.39 is 0 Å². The van der Waals surface area contributed by atoms with Crippen molar-refractivity contribution in [2.75, 3.05) is 5.32 Å². The first kappa shape index (κ1) is 19.4. The van der Waals surface area contributed by atoms with Crippen molar-refractivity contribution in [1.82, 2.24) is 0 Å². The van der Waals surface area contributed by atoms with Gasteiger partial charge < -0.3 is 15.2 Å². The number of benzene rings is 1. The summed E-state index contributed by atoms with van der Waals surface area (Å²) in [4.78, 5) is 12.3. The second-order valence-electron chi connectivity index (χ2n) is 6.90. The number of aryl methyl sites for hydroxylation is 1. The molecule has 0 atom stereocenters. The summed E-state index contributed by atoms with van der Waals surface area (Å²) >= 11 is 6.21. The van der Waals surface area contributed by atoms with Crippen molar-refractivity contribution >= 4 is 23.2 Å². The van der Waals surface area contributed by atoms with Gasteiger partial charge in [0.25, 0.3) is 0 Å². The highest BCUT2D eigenvalue weighted by Gasteiger charge is 2.23. The van der Waals surface area contributed by atoms with E-state index in [9.17, 15) is 9.90 Å².